The maximum Gasteiger partial charge on any atom is 0.318 e. The smallest absolute Gasteiger partial charge is 0.318 e. The molecule has 2 aromatic rings. The number of hydrogen-bond acceptors (Lipinski definition) is 5. The molecule has 0 radical (unpaired) electrons. The largest absolute Gasteiger partial charge is 0.468 e. The van der Waals surface area contributed by atoms with Gasteiger partial charge in [0.1, 0.15) is 11.1 Å². The van der Waals surface area contributed by atoms with Crippen LogP contribution in [0.15, 0.2) is 35.5 Å². The number of carbonyl (C=O) groups excluding carboxylic acids is 1. The minimum Gasteiger partial charge on any atom is -0.468 e. The Morgan fingerprint density at radius 1 is 1.36 bits per heavy atom. The predicted molar refractivity (Wildman–Crippen MR) is 84.9 cm³/mol. The summed E-state index contributed by atoms with van der Waals surface area (Å²) in [6.07, 6.45) is 2.34. The van der Waals surface area contributed by atoms with Crippen molar-refractivity contribution in [3.8, 4) is 0 Å². The normalized spacial score (nSPS) is 15.5. The first-order valence-electron chi connectivity index (χ1n) is 7.40. The molecule has 5 nitrogen and oxygen atoms in total. The molecule has 1 aromatic carbocycles. The predicted octanol–water partition coefficient (Wildman–Crippen LogP) is 2.86. The van der Waals surface area contributed by atoms with E-state index in [2.05, 4.69) is 26.9 Å². The van der Waals surface area contributed by atoms with Gasteiger partial charge in [0, 0.05) is 5.92 Å². The van der Waals surface area contributed by atoms with Gasteiger partial charge in [0.05, 0.1) is 13.7 Å². The summed E-state index contributed by atoms with van der Waals surface area (Å²) >= 11 is 1.40. The minimum atomic E-state index is -0.296. The molecule has 1 saturated carbocycles. The topological polar surface area (TPSA) is 57.0 Å². The van der Waals surface area contributed by atoms with Gasteiger partial charge in [0.15, 0.2) is 5.16 Å². The zero-order valence-corrected chi connectivity index (χ0v) is 13.5. The van der Waals surface area contributed by atoms with Gasteiger partial charge in [0.2, 0.25) is 0 Å². The van der Waals surface area contributed by atoms with Gasteiger partial charge < -0.3 is 9.30 Å². The molecule has 1 atom stereocenters. The van der Waals surface area contributed by atoms with Crippen molar-refractivity contribution in [1.29, 1.82) is 0 Å². The van der Waals surface area contributed by atoms with E-state index in [-0.39, 0.29) is 11.2 Å². The van der Waals surface area contributed by atoms with E-state index in [0.29, 0.717) is 5.92 Å². The monoisotopic (exact) mass is 317 g/mol. The number of thioether (sulfide) groups is 1. The third kappa shape index (κ3) is 3.32. The van der Waals surface area contributed by atoms with Gasteiger partial charge in [-0.05, 0) is 25.3 Å². The Kier molecular flexibility index (Phi) is 4.47. The molecular formula is C16H19N3O2S. The fraction of sp³-hybridized carbons (Fsp3) is 0.438. The number of carbonyl (C=O) groups is 1. The molecule has 0 saturated heterocycles. The van der Waals surface area contributed by atoms with E-state index in [0.717, 1.165) is 17.5 Å². The number of hydrogen-bond donors (Lipinski definition) is 0. The Bertz CT molecular complexity index is 653. The van der Waals surface area contributed by atoms with Crippen molar-refractivity contribution in [2.75, 3.05) is 7.11 Å². The van der Waals surface area contributed by atoms with Crippen molar-refractivity contribution in [2.24, 2.45) is 0 Å². The average Bonchev–Trinajstić information content (AvgIpc) is 3.32. The summed E-state index contributed by atoms with van der Waals surface area (Å²) in [6, 6.07) is 10.2. The lowest BCUT2D eigenvalue weighted by molar-refractivity contribution is -0.139. The van der Waals surface area contributed by atoms with Gasteiger partial charge in [-0.1, -0.05) is 42.1 Å². The molecule has 1 aliphatic rings. The lowest BCUT2D eigenvalue weighted by Gasteiger charge is -2.12. The van der Waals surface area contributed by atoms with Crippen molar-refractivity contribution < 1.29 is 9.53 Å². The van der Waals surface area contributed by atoms with Gasteiger partial charge in [-0.2, -0.15) is 0 Å². The molecule has 0 N–H and O–H groups in total. The van der Waals surface area contributed by atoms with Crippen LogP contribution in [0.25, 0.3) is 0 Å². The van der Waals surface area contributed by atoms with Crippen LogP contribution >= 0.6 is 11.8 Å². The highest BCUT2D eigenvalue weighted by Gasteiger charge is 2.31. The Hall–Kier alpha value is -1.82. The Labute approximate surface area is 134 Å². The maximum atomic E-state index is 11.6. The zero-order valence-electron chi connectivity index (χ0n) is 12.7. The van der Waals surface area contributed by atoms with Gasteiger partial charge in [0.25, 0.3) is 0 Å². The highest BCUT2D eigenvalue weighted by Crippen LogP contribution is 2.40. The van der Waals surface area contributed by atoms with Crippen LogP contribution in [-0.2, 0) is 16.1 Å². The number of methoxy groups -OCH3 is 1. The summed E-state index contributed by atoms with van der Waals surface area (Å²) in [5, 5.41) is 9.14. The van der Waals surface area contributed by atoms with Gasteiger partial charge >= 0.3 is 5.97 Å². The SMILES string of the molecule is COC(=O)C(C)Sc1nnc(C2CC2)n1Cc1ccccc1. The molecule has 1 fully saturated rings. The van der Waals surface area contributed by atoms with E-state index < -0.39 is 0 Å². The van der Waals surface area contributed by atoms with Crippen molar-refractivity contribution >= 4 is 17.7 Å². The number of esters is 1. The number of rotatable bonds is 6. The average molecular weight is 317 g/mol. The quantitative estimate of drug-likeness (QED) is 0.606. The molecule has 0 amide bonds. The lowest BCUT2D eigenvalue weighted by Crippen LogP contribution is -2.16. The van der Waals surface area contributed by atoms with Crippen LogP contribution in [0.4, 0.5) is 0 Å². The first-order chi connectivity index (χ1) is 10.7. The maximum absolute atomic E-state index is 11.6. The molecule has 116 valence electrons. The van der Waals surface area contributed by atoms with Crippen LogP contribution in [0.2, 0.25) is 0 Å². The summed E-state index contributed by atoms with van der Waals surface area (Å²) in [5.74, 6) is 1.30. The number of benzene rings is 1. The van der Waals surface area contributed by atoms with Crippen LogP contribution in [0.5, 0.6) is 0 Å². The second-order valence-corrected chi connectivity index (χ2v) is 6.78. The van der Waals surface area contributed by atoms with Crippen LogP contribution in [0, 0.1) is 0 Å². The summed E-state index contributed by atoms with van der Waals surface area (Å²) in [7, 11) is 1.41. The van der Waals surface area contributed by atoms with E-state index >= 15 is 0 Å². The highest BCUT2D eigenvalue weighted by molar-refractivity contribution is 8.00. The Morgan fingerprint density at radius 3 is 2.73 bits per heavy atom. The molecule has 1 aliphatic carbocycles. The molecule has 22 heavy (non-hydrogen) atoms. The summed E-state index contributed by atoms with van der Waals surface area (Å²) < 4.78 is 6.93. The van der Waals surface area contributed by atoms with E-state index in [9.17, 15) is 4.79 Å². The van der Waals surface area contributed by atoms with Gasteiger partial charge in [-0.25, -0.2) is 0 Å². The number of ether oxygens (including phenoxy) is 1. The van der Waals surface area contributed by atoms with Crippen LogP contribution in [0.3, 0.4) is 0 Å². The summed E-state index contributed by atoms with van der Waals surface area (Å²) in [5.41, 5.74) is 1.21. The molecule has 6 heteroatoms. The van der Waals surface area contributed by atoms with Crippen molar-refractivity contribution in [3.05, 3.63) is 41.7 Å². The Morgan fingerprint density at radius 2 is 2.09 bits per heavy atom. The molecule has 3 rings (SSSR count). The number of aromatic nitrogens is 3. The first-order valence-corrected chi connectivity index (χ1v) is 8.28. The minimum absolute atomic E-state index is 0.243. The zero-order chi connectivity index (χ0) is 15.5. The third-order valence-electron chi connectivity index (χ3n) is 3.69. The van der Waals surface area contributed by atoms with Crippen LogP contribution < -0.4 is 0 Å². The van der Waals surface area contributed by atoms with Crippen molar-refractivity contribution in [3.63, 3.8) is 0 Å². The number of nitrogens with zero attached hydrogens (tertiary/aromatic N) is 3. The first kappa shape index (κ1) is 15.1. The van der Waals surface area contributed by atoms with Crippen LogP contribution in [0.1, 0.15) is 37.1 Å². The molecule has 0 aliphatic heterocycles. The fourth-order valence-electron chi connectivity index (χ4n) is 2.32. The molecule has 1 heterocycles. The van der Waals surface area contributed by atoms with Gasteiger partial charge in [-0.15, -0.1) is 10.2 Å². The van der Waals surface area contributed by atoms with Crippen molar-refractivity contribution in [1.82, 2.24) is 14.8 Å². The third-order valence-corrected chi connectivity index (χ3v) is 4.75. The molecule has 0 bridgehead atoms. The highest BCUT2D eigenvalue weighted by atomic mass is 32.2. The Balaban J connectivity index is 1.85. The van der Waals surface area contributed by atoms with E-state index in [1.807, 2.05) is 25.1 Å². The standard InChI is InChI=1S/C16H19N3O2S/c1-11(15(20)21-2)22-16-18-17-14(13-8-9-13)19(16)10-12-6-4-3-5-7-12/h3-7,11,13H,8-10H2,1-2H3. The second-order valence-electron chi connectivity index (χ2n) is 5.47. The van der Waals surface area contributed by atoms with Crippen molar-refractivity contribution in [2.45, 2.75) is 42.6 Å². The van der Waals surface area contributed by atoms with Gasteiger partial charge in [-0.3, -0.25) is 4.79 Å². The summed E-state index contributed by atoms with van der Waals surface area (Å²) in [4.78, 5) is 11.6. The molecule has 1 unspecified atom stereocenters. The van der Waals surface area contributed by atoms with Crippen LogP contribution in [-0.4, -0.2) is 33.1 Å². The fourth-order valence-corrected chi connectivity index (χ4v) is 3.20. The molecular weight excluding hydrogens is 298 g/mol. The van der Waals surface area contributed by atoms with E-state index in [4.69, 9.17) is 4.74 Å². The molecule has 1 aromatic heterocycles. The van der Waals surface area contributed by atoms with E-state index in [1.165, 1.54) is 37.3 Å². The molecule has 0 spiro atoms. The lowest BCUT2D eigenvalue weighted by atomic mass is 10.2. The summed E-state index contributed by atoms with van der Waals surface area (Å²) in [6.45, 7) is 2.56. The van der Waals surface area contributed by atoms with E-state index in [1.54, 1.807) is 0 Å². The second kappa shape index (κ2) is 6.52.